The molecule has 84 valence electrons. The first kappa shape index (κ1) is 11.0. The van der Waals surface area contributed by atoms with Gasteiger partial charge in [-0.3, -0.25) is 4.98 Å². The summed E-state index contributed by atoms with van der Waals surface area (Å²) in [4.78, 5) is 7.37. The van der Waals surface area contributed by atoms with E-state index in [1.54, 1.807) is 0 Å². The summed E-state index contributed by atoms with van der Waals surface area (Å²) in [5, 5.41) is 3.55. The fourth-order valence-electron chi connectivity index (χ4n) is 2.36. The second-order valence-corrected chi connectivity index (χ2v) is 4.39. The van der Waals surface area contributed by atoms with Gasteiger partial charge in [-0.05, 0) is 36.9 Å². The molecule has 0 saturated heterocycles. The van der Waals surface area contributed by atoms with Gasteiger partial charge in [0.15, 0.2) is 0 Å². The van der Waals surface area contributed by atoms with Crippen LogP contribution in [0, 0.1) is 0 Å². The predicted molar refractivity (Wildman–Crippen MR) is 62.9 cm³/mol. The molecule has 4 nitrogen and oxygen atoms in total. The Bertz CT molecular complexity index is 411. The zero-order valence-corrected chi connectivity index (χ0v) is 9.56. The first-order chi connectivity index (χ1) is 7.80. The predicted octanol–water partition coefficient (Wildman–Crippen LogP) is 3.72. The van der Waals surface area contributed by atoms with Gasteiger partial charge in [-0.25, -0.2) is 0 Å². The molecule has 0 aromatic carbocycles. The summed E-state index contributed by atoms with van der Waals surface area (Å²) in [6.07, 6.45) is 4.92. The highest BCUT2D eigenvalue weighted by Crippen LogP contribution is 2.45. The number of azide groups is 1. The molecule has 1 fully saturated rings. The molecule has 1 aliphatic rings. The molecule has 0 bridgehead atoms. The molecular weight excluding hydrogens is 200 g/mol. The first-order valence-corrected chi connectivity index (χ1v) is 5.78. The third-order valence-electron chi connectivity index (χ3n) is 3.63. The highest BCUT2D eigenvalue weighted by Gasteiger charge is 2.37. The van der Waals surface area contributed by atoms with Crippen LogP contribution in [0.2, 0.25) is 0 Å². The lowest BCUT2D eigenvalue weighted by Gasteiger charge is -2.40. The minimum atomic E-state index is 0.298. The number of rotatable bonds is 4. The summed E-state index contributed by atoms with van der Waals surface area (Å²) in [5.41, 5.74) is 10.6. The number of hydrogen-bond acceptors (Lipinski definition) is 2. The van der Waals surface area contributed by atoms with Crippen LogP contribution in [0.1, 0.15) is 44.0 Å². The van der Waals surface area contributed by atoms with Crippen LogP contribution in [-0.2, 0) is 12.0 Å². The molecule has 1 aliphatic carbocycles. The molecule has 0 N–H and O–H groups in total. The number of hydrogen-bond donors (Lipinski definition) is 0. The Morgan fingerprint density at radius 1 is 1.50 bits per heavy atom. The third-order valence-corrected chi connectivity index (χ3v) is 3.63. The van der Waals surface area contributed by atoms with E-state index in [4.69, 9.17) is 5.53 Å². The number of nitrogens with zero attached hydrogens (tertiary/aromatic N) is 4. The number of aromatic nitrogens is 1. The molecule has 16 heavy (non-hydrogen) atoms. The monoisotopic (exact) mass is 216 g/mol. The minimum absolute atomic E-state index is 0.298. The Labute approximate surface area is 95.3 Å². The smallest absolute Gasteiger partial charge is 0.0684 e. The Kier molecular flexibility index (Phi) is 3.11. The van der Waals surface area contributed by atoms with Gasteiger partial charge in [0.25, 0.3) is 0 Å². The normalized spacial score (nSPS) is 17.3. The largest absolute Gasteiger partial charge is 0.257 e. The highest BCUT2D eigenvalue weighted by atomic mass is 15.1. The molecule has 1 aromatic rings. The van der Waals surface area contributed by atoms with Crippen molar-refractivity contribution in [1.82, 2.24) is 4.98 Å². The fraction of sp³-hybridized carbons (Fsp3) is 0.583. The lowest BCUT2D eigenvalue weighted by Crippen LogP contribution is -2.34. The quantitative estimate of drug-likeness (QED) is 0.429. The van der Waals surface area contributed by atoms with E-state index in [1.807, 2.05) is 12.1 Å². The molecular formula is C12H16N4. The van der Waals surface area contributed by atoms with Crippen LogP contribution >= 0.6 is 0 Å². The Balaban J connectivity index is 2.24. The molecule has 0 radical (unpaired) electrons. The van der Waals surface area contributed by atoms with Gasteiger partial charge in [0, 0.05) is 21.7 Å². The molecule has 4 heteroatoms. The van der Waals surface area contributed by atoms with Crippen LogP contribution in [-0.4, -0.2) is 4.98 Å². The molecule has 1 saturated carbocycles. The molecule has 1 aromatic heterocycles. The van der Waals surface area contributed by atoms with Crippen LogP contribution in [0.5, 0.6) is 0 Å². The van der Waals surface area contributed by atoms with Crippen molar-refractivity contribution >= 4 is 0 Å². The molecule has 1 heterocycles. The van der Waals surface area contributed by atoms with Crippen molar-refractivity contribution in [1.29, 1.82) is 0 Å². The second kappa shape index (κ2) is 4.54. The Hall–Kier alpha value is -1.54. The van der Waals surface area contributed by atoms with E-state index in [0.29, 0.717) is 12.0 Å². The fourth-order valence-corrected chi connectivity index (χ4v) is 2.36. The zero-order chi connectivity index (χ0) is 11.4. The SMILES string of the molecule is CCC1(c2cccc(CN=[N+]=[N-])n2)CCC1. The van der Waals surface area contributed by atoms with E-state index in [2.05, 4.69) is 28.0 Å². The maximum atomic E-state index is 8.29. The average molecular weight is 216 g/mol. The summed E-state index contributed by atoms with van der Waals surface area (Å²) in [5.74, 6) is 0. The molecule has 0 unspecified atom stereocenters. The molecule has 0 aliphatic heterocycles. The summed E-state index contributed by atoms with van der Waals surface area (Å²) >= 11 is 0. The van der Waals surface area contributed by atoms with Crippen molar-refractivity contribution in [2.45, 2.75) is 44.6 Å². The topological polar surface area (TPSA) is 61.7 Å². The lowest BCUT2D eigenvalue weighted by atomic mass is 9.65. The molecule has 0 atom stereocenters. The van der Waals surface area contributed by atoms with E-state index in [0.717, 1.165) is 12.1 Å². The van der Waals surface area contributed by atoms with Gasteiger partial charge in [-0.1, -0.05) is 24.5 Å². The lowest BCUT2D eigenvalue weighted by molar-refractivity contribution is 0.227. The standard InChI is InChI=1S/C12H16N4/c1-2-12(7-4-8-12)11-6-3-5-10(15-11)9-14-16-13/h3,5-6H,2,4,7-9H2,1H3. The summed E-state index contributed by atoms with van der Waals surface area (Å²) < 4.78 is 0. The van der Waals surface area contributed by atoms with Gasteiger partial charge in [0.05, 0.1) is 6.54 Å². The summed E-state index contributed by atoms with van der Waals surface area (Å²) in [7, 11) is 0. The third kappa shape index (κ3) is 1.89. The van der Waals surface area contributed by atoms with Gasteiger partial charge in [-0.2, -0.15) is 0 Å². The number of pyridine rings is 1. The Morgan fingerprint density at radius 3 is 2.88 bits per heavy atom. The van der Waals surface area contributed by atoms with Crippen molar-refractivity contribution in [3.63, 3.8) is 0 Å². The van der Waals surface area contributed by atoms with Gasteiger partial charge in [-0.15, -0.1) is 0 Å². The Morgan fingerprint density at radius 2 is 2.31 bits per heavy atom. The summed E-state index contributed by atoms with van der Waals surface area (Å²) in [6.45, 7) is 2.57. The van der Waals surface area contributed by atoms with Gasteiger partial charge >= 0.3 is 0 Å². The van der Waals surface area contributed by atoms with Crippen LogP contribution in [0.4, 0.5) is 0 Å². The van der Waals surface area contributed by atoms with E-state index in [-0.39, 0.29) is 0 Å². The second-order valence-electron chi connectivity index (χ2n) is 4.39. The van der Waals surface area contributed by atoms with Gasteiger partial charge < -0.3 is 0 Å². The van der Waals surface area contributed by atoms with Crippen molar-refractivity contribution in [3.8, 4) is 0 Å². The van der Waals surface area contributed by atoms with E-state index < -0.39 is 0 Å². The van der Waals surface area contributed by atoms with Crippen molar-refractivity contribution in [2.24, 2.45) is 5.11 Å². The van der Waals surface area contributed by atoms with Crippen molar-refractivity contribution in [2.75, 3.05) is 0 Å². The average Bonchev–Trinajstić information content (AvgIpc) is 2.26. The van der Waals surface area contributed by atoms with Crippen molar-refractivity contribution in [3.05, 3.63) is 40.0 Å². The van der Waals surface area contributed by atoms with Crippen LogP contribution in [0.3, 0.4) is 0 Å². The molecule has 0 spiro atoms. The van der Waals surface area contributed by atoms with Gasteiger partial charge in [0.2, 0.25) is 0 Å². The molecule has 2 rings (SSSR count). The van der Waals surface area contributed by atoms with Crippen molar-refractivity contribution < 1.29 is 0 Å². The van der Waals surface area contributed by atoms with E-state index in [9.17, 15) is 0 Å². The minimum Gasteiger partial charge on any atom is -0.257 e. The van der Waals surface area contributed by atoms with Crippen LogP contribution < -0.4 is 0 Å². The van der Waals surface area contributed by atoms with Crippen LogP contribution in [0.15, 0.2) is 23.3 Å². The summed E-state index contributed by atoms with van der Waals surface area (Å²) in [6, 6.07) is 6.03. The molecule has 0 amide bonds. The van der Waals surface area contributed by atoms with Crippen LogP contribution in [0.25, 0.3) is 10.4 Å². The first-order valence-electron chi connectivity index (χ1n) is 5.78. The van der Waals surface area contributed by atoms with E-state index in [1.165, 1.54) is 25.0 Å². The zero-order valence-electron chi connectivity index (χ0n) is 9.56. The maximum absolute atomic E-state index is 8.29. The maximum Gasteiger partial charge on any atom is 0.0684 e. The van der Waals surface area contributed by atoms with E-state index >= 15 is 0 Å². The van der Waals surface area contributed by atoms with Gasteiger partial charge in [0.1, 0.15) is 0 Å². The highest BCUT2D eigenvalue weighted by molar-refractivity contribution is 5.22.